The number of carbonyl (C=O) groups is 1. The van der Waals surface area contributed by atoms with E-state index in [2.05, 4.69) is 20.2 Å². The lowest BCUT2D eigenvalue weighted by atomic mass is 9.99. The number of amides is 1. The second-order valence-electron chi connectivity index (χ2n) is 7.11. The van der Waals surface area contributed by atoms with Gasteiger partial charge in [0.25, 0.3) is 5.91 Å². The molecule has 8 heteroatoms. The molecule has 1 unspecified atom stereocenters. The molecule has 1 fully saturated rings. The van der Waals surface area contributed by atoms with E-state index in [1.165, 1.54) is 6.20 Å². The number of pyridine rings is 1. The van der Waals surface area contributed by atoms with Gasteiger partial charge in [0.2, 0.25) is 5.43 Å². The number of hydrogen-bond acceptors (Lipinski definition) is 4. The van der Waals surface area contributed by atoms with Crippen molar-refractivity contribution in [2.24, 2.45) is 0 Å². The largest absolute Gasteiger partial charge is 0.360 e. The maximum atomic E-state index is 13.2. The number of carbonyl (C=O) groups excluding carboxylic acids is 1. The zero-order valence-electron chi connectivity index (χ0n) is 15.3. The fourth-order valence-corrected chi connectivity index (χ4v) is 3.91. The highest BCUT2D eigenvalue weighted by molar-refractivity contribution is 5.97. The summed E-state index contributed by atoms with van der Waals surface area (Å²) in [6.07, 6.45) is 3.96. The minimum atomic E-state index is -0.405. The van der Waals surface area contributed by atoms with Gasteiger partial charge >= 0.3 is 5.69 Å². The average Bonchev–Trinajstić information content (AvgIpc) is 3.08. The SMILES string of the molecule is Cc1cc(C)c2[nH]cc(C(=O)N3CCCCC3c3n[nH]c(=O)[nH]3)c(=O)c2c1. The first kappa shape index (κ1) is 17.3. The first-order chi connectivity index (χ1) is 13.0. The molecule has 3 N–H and O–H groups in total. The molecule has 0 saturated carbocycles. The Labute approximate surface area is 154 Å². The number of rotatable bonds is 2. The third-order valence-corrected chi connectivity index (χ3v) is 5.16. The Balaban J connectivity index is 1.78. The van der Waals surface area contributed by atoms with Crippen molar-refractivity contribution in [1.82, 2.24) is 25.1 Å². The van der Waals surface area contributed by atoms with Crippen molar-refractivity contribution < 1.29 is 4.79 Å². The molecular formula is C19H21N5O3. The molecule has 0 aliphatic carbocycles. The van der Waals surface area contributed by atoms with Crippen LogP contribution in [0.15, 0.2) is 27.9 Å². The van der Waals surface area contributed by atoms with Gasteiger partial charge in [-0.05, 0) is 50.3 Å². The van der Waals surface area contributed by atoms with Crippen LogP contribution in [0.5, 0.6) is 0 Å². The van der Waals surface area contributed by atoms with Gasteiger partial charge in [-0.2, -0.15) is 5.10 Å². The van der Waals surface area contributed by atoms with Crippen molar-refractivity contribution in [3.05, 3.63) is 61.6 Å². The Morgan fingerprint density at radius 3 is 2.78 bits per heavy atom. The highest BCUT2D eigenvalue weighted by atomic mass is 16.2. The Morgan fingerprint density at radius 1 is 1.22 bits per heavy atom. The normalized spacial score (nSPS) is 17.4. The predicted octanol–water partition coefficient (Wildman–Crippen LogP) is 1.92. The van der Waals surface area contributed by atoms with E-state index in [1.54, 1.807) is 11.0 Å². The van der Waals surface area contributed by atoms with Gasteiger partial charge in [0, 0.05) is 18.1 Å². The molecule has 1 atom stereocenters. The van der Waals surface area contributed by atoms with Crippen LogP contribution in [0.4, 0.5) is 0 Å². The molecule has 1 saturated heterocycles. The number of aromatic amines is 3. The summed E-state index contributed by atoms with van der Waals surface area (Å²) in [6.45, 7) is 4.37. The predicted molar refractivity (Wildman–Crippen MR) is 101 cm³/mol. The van der Waals surface area contributed by atoms with E-state index in [-0.39, 0.29) is 22.9 Å². The van der Waals surface area contributed by atoms with Crippen molar-refractivity contribution in [3.63, 3.8) is 0 Å². The van der Waals surface area contributed by atoms with Crippen LogP contribution in [0.1, 0.15) is 52.6 Å². The van der Waals surface area contributed by atoms with Crippen LogP contribution < -0.4 is 11.1 Å². The van der Waals surface area contributed by atoms with Gasteiger partial charge in [-0.25, -0.2) is 9.89 Å². The van der Waals surface area contributed by atoms with Crippen LogP contribution >= 0.6 is 0 Å². The Hall–Kier alpha value is -3.16. The van der Waals surface area contributed by atoms with Gasteiger partial charge in [-0.3, -0.25) is 14.6 Å². The molecule has 8 nitrogen and oxygen atoms in total. The number of nitrogens with one attached hydrogen (secondary N) is 3. The van der Waals surface area contributed by atoms with E-state index in [0.717, 1.165) is 29.5 Å². The van der Waals surface area contributed by atoms with Gasteiger partial charge in [-0.1, -0.05) is 6.07 Å². The smallest absolute Gasteiger partial charge is 0.340 e. The topological polar surface area (TPSA) is 115 Å². The molecule has 3 aromatic rings. The summed E-state index contributed by atoms with van der Waals surface area (Å²) >= 11 is 0. The van der Waals surface area contributed by atoms with E-state index in [1.807, 2.05) is 19.9 Å². The molecule has 0 spiro atoms. The van der Waals surface area contributed by atoms with Crippen LogP contribution in [-0.2, 0) is 0 Å². The first-order valence-corrected chi connectivity index (χ1v) is 9.04. The molecule has 4 rings (SSSR count). The minimum Gasteiger partial charge on any atom is -0.360 e. The second kappa shape index (κ2) is 6.53. The van der Waals surface area contributed by atoms with Crippen molar-refractivity contribution in [2.75, 3.05) is 6.54 Å². The summed E-state index contributed by atoms with van der Waals surface area (Å²) in [6, 6.07) is 3.45. The van der Waals surface area contributed by atoms with Crippen molar-refractivity contribution in [1.29, 1.82) is 0 Å². The zero-order chi connectivity index (χ0) is 19.1. The van der Waals surface area contributed by atoms with E-state index in [0.29, 0.717) is 24.2 Å². The van der Waals surface area contributed by atoms with Crippen LogP contribution in [0, 0.1) is 13.8 Å². The third kappa shape index (κ3) is 2.97. The number of H-pyrrole nitrogens is 3. The fraction of sp³-hybridized carbons (Fsp3) is 0.368. The molecule has 2 aromatic heterocycles. The summed E-state index contributed by atoms with van der Waals surface area (Å²) in [4.78, 5) is 45.0. The van der Waals surface area contributed by atoms with Gasteiger partial charge in [0.15, 0.2) is 5.82 Å². The highest BCUT2D eigenvalue weighted by Crippen LogP contribution is 2.29. The number of aryl methyl sites for hydroxylation is 2. The molecular weight excluding hydrogens is 346 g/mol. The lowest BCUT2D eigenvalue weighted by molar-refractivity contribution is 0.0599. The lowest BCUT2D eigenvalue weighted by Gasteiger charge is -2.34. The summed E-state index contributed by atoms with van der Waals surface area (Å²) in [7, 11) is 0. The maximum absolute atomic E-state index is 13.2. The highest BCUT2D eigenvalue weighted by Gasteiger charge is 2.32. The zero-order valence-corrected chi connectivity index (χ0v) is 15.3. The van der Waals surface area contributed by atoms with Gasteiger partial charge in [-0.15, -0.1) is 0 Å². The molecule has 0 bridgehead atoms. The van der Waals surface area contributed by atoms with Crippen molar-refractivity contribution in [3.8, 4) is 0 Å². The van der Waals surface area contributed by atoms with Gasteiger partial charge in [0.1, 0.15) is 5.56 Å². The summed E-state index contributed by atoms with van der Waals surface area (Å²) < 4.78 is 0. The Morgan fingerprint density at radius 2 is 2.04 bits per heavy atom. The number of likely N-dealkylation sites (tertiary alicyclic amines) is 1. The van der Waals surface area contributed by atoms with Crippen LogP contribution in [0.3, 0.4) is 0 Å². The number of aromatic nitrogens is 4. The number of fused-ring (bicyclic) bond motifs is 1. The number of hydrogen-bond donors (Lipinski definition) is 3. The standard InChI is InChI=1S/C19H21N5O3/c1-10-7-11(2)15-12(8-10)16(25)13(9-20-15)18(26)24-6-4-3-5-14(24)17-21-19(27)23-22-17/h7-9,14H,3-6H2,1-2H3,(H,20,25)(H2,21,22,23,27). The number of nitrogens with zero attached hydrogens (tertiary/aromatic N) is 2. The summed E-state index contributed by atoms with van der Waals surface area (Å²) in [5.74, 6) is 0.0859. The Kier molecular flexibility index (Phi) is 4.18. The quantitative estimate of drug-likeness (QED) is 0.642. The Bertz CT molecular complexity index is 1140. The maximum Gasteiger partial charge on any atom is 0.340 e. The lowest BCUT2D eigenvalue weighted by Crippen LogP contribution is -2.41. The third-order valence-electron chi connectivity index (χ3n) is 5.16. The van der Waals surface area contributed by atoms with E-state index in [4.69, 9.17) is 0 Å². The molecule has 27 heavy (non-hydrogen) atoms. The average molecular weight is 367 g/mol. The molecule has 1 amide bonds. The summed E-state index contributed by atoms with van der Waals surface area (Å²) in [5.41, 5.74) is 2.11. The number of benzene rings is 1. The molecule has 0 radical (unpaired) electrons. The minimum absolute atomic E-state index is 0.109. The van der Waals surface area contributed by atoms with E-state index < -0.39 is 5.69 Å². The fourth-order valence-electron chi connectivity index (χ4n) is 3.91. The van der Waals surface area contributed by atoms with Crippen molar-refractivity contribution in [2.45, 2.75) is 39.2 Å². The van der Waals surface area contributed by atoms with Gasteiger partial charge < -0.3 is 9.88 Å². The van der Waals surface area contributed by atoms with Crippen LogP contribution in [-0.4, -0.2) is 37.5 Å². The van der Waals surface area contributed by atoms with Gasteiger partial charge in [0.05, 0.1) is 11.6 Å². The van der Waals surface area contributed by atoms with Crippen LogP contribution in [0.2, 0.25) is 0 Å². The van der Waals surface area contributed by atoms with E-state index >= 15 is 0 Å². The first-order valence-electron chi connectivity index (χ1n) is 9.04. The molecule has 1 aliphatic heterocycles. The number of piperidine rings is 1. The van der Waals surface area contributed by atoms with E-state index in [9.17, 15) is 14.4 Å². The van der Waals surface area contributed by atoms with Crippen LogP contribution in [0.25, 0.3) is 10.9 Å². The molecule has 1 aromatic carbocycles. The summed E-state index contributed by atoms with van der Waals surface area (Å²) in [5, 5.41) is 6.85. The monoisotopic (exact) mass is 367 g/mol. The molecule has 1 aliphatic rings. The molecule has 140 valence electrons. The molecule has 3 heterocycles. The van der Waals surface area contributed by atoms with Crippen molar-refractivity contribution >= 4 is 16.8 Å². The second-order valence-corrected chi connectivity index (χ2v) is 7.11.